The first-order valence-corrected chi connectivity index (χ1v) is 7.21. The highest BCUT2D eigenvalue weighted by atomic mass is 79.9. The summed E-state index contributed by atoms with van der Waals surface area (Å²) in [5, 5.41) is 0.552. The summed E-state index contributed by atoms with van der Waals surface area (Å²) in [5.41, 5.74) is 7.79. The van der Waals surface area contributed by atoms with E-state index >= 15 is 0 Å². The van der Waals surface area contributed by atoms with E-state index in [1.807, 2.05) is 13.0 Å². The van der Waals surface area contributed by atoms with Crippen LogP contribution in [0.1, 0.15) is 22.7 Å². The standard InChI is InChI=1S/C15H13BrClF2N/c1-8-2-3-9(17)6-10(8)14(20)7-11-13(18)5-4-12(16)15(11)19/h2-6,14H,7,20H2,1H3. The number of nitrogens with two attached hydrogens (primary N) is 1. The van der Waals surface area contributed by atoms with E-state index in [0.29, 0.717) is 5.02 Å². The van der Waals surface area contributed by atoms with Crippen LogP contribution in [0.3, 0.4) is 0 Å². The van der Waals surface area contributed by atoms with Crippen molar-refractivity contribution in [2.45, 2.75) is 19.4 Å². The fraction of sp³-hybridized carbons (Fsp3) is 0.200. The molecule has 2 aromatic carbocycles. The molecule has 1 nitrogen and oxygen atoms in total. The van der Waals surface area contributed by atoms with Gasteiger partial charge in [0.05, 0.1) is 4.47 Å². The van der Waals surface area contributed by atoms with E-state index in [9.17, 15) is 8.78 Å². The second-order valence-electron chi connectivity index (χ2n) is 4.63. The molecule has 1 unspecified atom stereocenters. The van der Waals surface area contributed by atoms with Gasteiger partial charge in [-0.1, -0.05) is 17.7 Å². The van der Waals surface area contributed by atoms with Crippen LogP contribution < -0.4 is 5.73 Å². The van der Waals surface area contributed by atoms with E-state index in [1.54, 1.807) is 12.1 Å². The van der Waals surface area contributed by atoms with Crippen molar-refractivity contribution in [3.05, 3.63) is 68.2 Å². The minimum absolute atomic E-state index is 0.0220. The van der Waals surface area contributed by atoms with Gasteiger partial charge >= 0.3 is 0 Å². The third kappa shape index (κ3) is 3.19. The van der Waals surface area contributed by atoms with Gasteiger partial charge in [-0.3, -0.25) is 0 Å². The highest BCUT2D eigenvalue weighted by Gasteiger charge is 2.18. The lowest BCUT2D eigenvalue weighted by Gasteiger charge is -2.16. The van der Waals surface area contributed by atoms with Crippen molar-refractivity contribution in [2.75, 3.05) is 0 Å². The first-order chi connectivity index (χ1) is 9.40. The van der Waals surface area contributed by atoms with Gasteiger partial charge in [0.1, 0.15) is 11.6 Å². The quantitative estimate of drug-likeness (QED) is 0.772. The Labute approximate surface area is 129 Å². The maximum atomic E-state index is 13.9. The zero-order chi connectivity index (χ0) is 14.9. The molecule has 2 rings (SSSR count). The van der Waals surface area contributed by atoms with E-state index in [1.165, 1.54) is 12.1 Å². The minimum Gasteiger partial charge on any atom is -0.324 e. The molecule has 106 valence electrons. The Morgan fingerprint density at radius 3 is 2.65 bits per heavy atom. The highest BCUT2D eigenvalue weighted by Crippen LogP contribution is 2.28. The molecule has 5 heteroatoms. The first kappa shape index (κ1) is 15.4. The highest BCUT2D eigenvalue weighted by molar-refractivity contribution is 9.10. The number of halogens is 4. The average Bonchev–Trinajstić information content (AvgIpc) is 2.41. The number of benzene rings is 2. The number of rotatable bonds is 3. The van der Waals surface area contributed by atoms with Crippen LogP contribution in [0.25, 0.3) is 0 Å². The molecule has 0 aliphatic heterocycles. The second kappa shape index (κ2) is 6.20. The molecule has 0 amide bonds. The van der Waals surface area contributed by atoms with E-state index in [-0.39, 0.29) is 16.5 Å². The van der Waals surface area contributed by atoms with Crippen molar-refractivity contribution in [1.29, 1.82) is 0 Å². The maximum Gasteiger partial charge on any atom is 0.143 e. The van der Waals surface area contributed by atoms with Crippen LogP contribution in [-0.2, 0) is 6.42 Å². The third-order valence-electron chi connectivity index (χ3n) is 3.20. The van der Waals surface area contributed by atoms with Crippen LogP contribution in [0.4, 0.5) is 8.78 Å². The Balaban J connectivity index is 2.35. The molecule has 0 aliphatic carbocycles. The van der Waals surface area contributed by atoms with Crippen molar-refractivity contribution in [3.63, 3.8) is 0 Å². The number of hydrogen-bond donors (Lipinski definition) is 1. The molecular weight excluding hydrogens is 348 g/mol. The van der Waals surface area contributed by atoms with Gasteiger partial charge in [0.25, 0.3) is 0 Å². The largest absolute Gasteiger partial charge is 0.324 e. The molecule has 0 fully saturated rings. The number of hydrogen-bond acceptors (Lipinski definition) is 1. The molecule has 0 saturated heterocycles. The van der Waals surface area contributed by atoms with Crippen molar-refractivity contribution in [2.24, 2.45) is 5.73 Å². The van der Waals surface area contributed by atoms with Gasteiger partial charge < -0.3 is 5.73 Å². The third-order valence-corrected chi connectivity index (χ3v) is 4.05. The normalized spacial score (nSPS) is 12.5. The lowest BCUT2D eigenvalue weighted by Crippen LogP contribution is -2.16. The molecule has 0 spiro atoms. The topological polar surface area (TPSA) is 26.0 Å². The Morgan fingerprint density at radius 1 is 1.25 bits per heavy atom. The summed E-state index contributed by atoms with van der Waals surface area (Å²) >= 11 is 8.99. The van der Waals surface area contributed by atoms with Crippen molar-refractivity contribution in [3.8, 4) is 0 Å². The first-order valence-electron chi connectivity index (χ1n) is 6.04. The summed E-state index contributed by atoms with van der Waals surface area (Å²) < 4.78 is 27.9. The molecular formula is C15H13BrClF2N. The predicted octanol–water partition coefficient (Wildman–Crippen LogP) is 4.93. The van der Waals surface area contributed by atoms with E-state index in [0.717, 1.165) is 11.1 Å². The molecule has 0 saturated carbocycles. The Bertz CT molecular complexity index is 646. The van der Waals surface area contributed by atoms with Gasteiger partial charge in [0.2, 0.25) is 0 Å². The van der Waals surface area contributed by atoms with Crippen LogP contribution in [0, 0.1) is 18.6 Å². The van der Waals surface area contributed by atoms with E-state index in [2.05, 4.69) is 15.9 Å². The summed E-state index contributed by atoms with van der Waals surface area (Å²) in [6.45, 7) is 1.89. The molecule has 0 bridgehead atoms. The lowest BCUT2D eigenvalue weighted by atomic mass is 9.95. The van der Waals surface area contributed by atoms with Gasteiger partial charge in [-0.05, 0) is 64.7 Å². The van der Waals surface area contributed by atoms with Crippen LogP contribution >= 0.6 is 27.5 Å². The number of aryl methyl sites for hydroxylation is 1. The zero-order valence-electron chi connectivity index (χ0n) is 10.8. The van der Waals surface area contributed by atoms with Gasteiger partial charge in [-0.15, -0.1) is 0 Å². The molecule has 1 atom stereocenters. The van der Waals surface area contributed by atoms with E-state index in [4.69, 9.17) is 17.3 Å². The van der Waals surface area contributed by atoms with Gasteiger partial charge in [0, 0.05) is 16.6 Å². The van der Waals surface area contributed by atoms with Crippen molar-refractivity contribution in [1.82, 2.24) is 0 Å². The molecule has 0 aromatic heterocycles. The van der Waals surface area contributed by atoms with Gasteiger partial charge in [0.15, 0.2) is 0 Å². The van der Waals surface area contributed by atoms with Gasteiger partial charge in [-0.25, -0.2) is 8.78 Å². The fourth-order valence-corrected chi connectivity index (χ4v) is 2.65. The monoisotopic (exact) mass is 359 g/mol. The maximum absolute atomic E-state index is 13.9. The summed E-state index contributed by atoms with van der Waals surface area (Å²) in [5.74, 6) is -1.21. The summed E-state index contributed by atoms with van der Waals surface area (Å²) in [7, 11) is 0. The molecule has 0 heterocycles. The molecule has 2 N–H and O–H groups in total. The Hall–Kier alpha value is -0.970. The fourth-order valence-electron chi connectivity index (χ4n) is 2.10. The summed E-state index contributed by atoms with van der Waals surface area (Å²) in [4.78, 5) is 0. The SMILES string of the molecule is Cc1ccc(Cl)cc1C(N)Cc1c(F)ccc(Br)c1F. The van der Waals surface area contributed by atoms with Gasteiger partial charge in [-0.2, -0.15) is 0 Å². The molecule has 2 aromatic rings. The Kier molecular flexibility index (Phi) is 4.78. The zero-order valence-corrected chi connectivity index (χ0v) is 13.1. The van der Waals surface area contributed by atoms with Crippen LogP contribution in [-0.4, -0.2) is 0 Å². The van der Waals surface area contributed by atoms with Crippen molar-refractivity contribution < 1.29 is 8.78 Å². The average molecular weight is 361 g/mol. The molecule has 20 heavy (non-hydrogen) atoms. The smallest absolute Gasteiger partial charge is 0.143 e. The Morgan fingerprint density at radius 2 is 1.95 bits per heavy atom. The predicted molar refractivity (Wildman–Crippen MR) is 80.9 cm³/mol. The van der Waals surface area contributed by atoms with Crippen LogP contribution in [0.2, 0.25) is 5.02 Å². The summed E-state index contributed by atoms with van der Waals surface area (Å²) in [6.07, 6.45) is 0.0677. The second-order valence-corrected chi connectivity index (χ2v) is 5.92. The summed E-state index contributed by atoms with van der Waals surface area (Å²) in [6, 6.07) is 7.37. The molecule has 0 radical (unpaired) electrons. The van der Waals surface area contributed by atoms with Crippen LogP contribution in [0.15, 0.2) is 34.8 Å². The molecule has 0 aliphatic rings. The van der Waals surface area contributed by atoms with Crippen molar-refractivity contribution >= 4 is 27.5 Å². The van der Waals surface area contributed by atoms with E-state index < -0.39 is 17.7 Å². The lowest BCUT2D eigenvalue weighted by molar-refractivity contribution is 0.535. The van der Waals surface area contributed by atoms with Crippen LogP contribution in [0.5, 0.6) is 0 Å². The minimum atomic E-state index is -0.611.